The number of Topliss-reactive ketones (excluding diaryl/α,β-unsaturated/α-hetero) is 1. The monoisotopic (exact) mass is 403 g/mol. The molecule has 2 aromatic rings. The number of aliphatic hydroxyl groups excluding tert-OH is 2. The molecular weight excluding hydrogens is 382 g/mol. The summed E-state index contributed by atoms with van der Waals surface area (Å²) in [4.78, 5) is 25.7. The molecule has 0 aliphatic rings. The number of aliphatic carboxylic acids is 1. The molecule has 0 radical (unpaired) electrons. The van der Waals surface area contributed by atoms with Crippen molar-refractivity contribution in [2.45, 2.75) is 19.9 Å². The second-order valence-corrected chi connectivity index (χ2v) is 6.87. The Hall–Kier alpha value is -2.67. The summed E-state index contributed by atoms with van der Waals surface area (Å²) in [6, 6.07) is 12.3. The maximum absolute atomic E-state index is 13.2. The normalized spacial score (nSPS) is 13.2. The quantitative estimate of drug-likeness (QED) is 0.269. The zero-order valence-electron chi connectivity index (χ0n) is 15.6. The minimum absolute atomic E-state index is 0.0125. The fraction of sp³-hybridized carbons (Fsp3) is 0.238. The summed E-state index contributed by atoms with van der Waals surface area (Å²) in [5.41, 5.74) is 1.83. The van der Waals surface area contributed by atoms with E-state index in [0.29, 0.717) is 10.6 Å². The van der Waals surface area contributed by atoms with Crippen LogP contribution >= 0.6 is 11.6 Å². The number of ketones is 1. The maximum atomic E-state index is 13.2. The van der Waals surface area contributed by atoms with Gasteiger partial charge in [0.15, 0.2) is 5.78 Å². The third-order valence-corrected chi connectivity index (χ3v) is 4.54. The lowest BCUT2D eigenvalue weighted by Crippen LogP contribution is -2.37. The molecule has 2 aromatic carbocycles. The van der Waals surface area contributed by atoms with Gasteiger partial charge in [-0.3, -0.25) is 14.5 Å². The van der Waals surface area contributed by atoms with Crippen LogP contribution in [0.3, 0.4) is 0 Å². The molecular formula is C21H22ClNO5. The van der Waals surface area contributed by atoms with Gasteiger partial charge < -0.3 is 15.3 Å². The van der Waals surface area contributed by atoms with Crippen molar-refractivity contribution in [1.82, 2.24) is 4.90 Å². The lowest BCUT2D eigenvalue weighted by Gasteiger charge is -2.31. The molecule has 0 fully saturated rings. The Labute approximate surface area is 168 Å². The molecule has 0 saturated carbocycles. The minimum Gasteiger partial charge on any atom is -0.512 e. The van der Waals surface area contributed by atoms with E-state index in [1.54, 1.807) is 24.3 Å². The molecule has 0 spiro atoms. The average Bonchev–Trinajstić information content (AvgIpc) is 2.65. The van der Waals surface area contributed by atoms with Crippen molar-refractivity contribution < 1.29 is 24.9 Å². The molecule has 0 aliphatic carbocycles. The Kier molecular flexibility index (Phi) is 7.34. The minimum atomic E-state index is -1.17. The first-order valence-electron chi connectivity index (χ1n) is 8.57. The van der Waals surface area contributed by atoms with Gasteiger partial charge in [0.05, 0.1) is 30.6 Å². The van der Waals surface area contributed by atoms with Crippen LogP contribution in [-0.2, 0) is 4.79 Å². The van der Waals surface area contributed by atoms with Crippen LogP contribution in [0.15, 0.2) is 59.9 Å². The third kappa shape index (κ3) is 5.19. The molecule has 0 saturated heterocycles. The highest BCUT2D eigenvalue weighted by Gasteiger charge is 2.32. The number of aliphatic hydroxyl groups is 2. The molecule has 2 rings (SSSR count). The van der Waals surface area contributed by atoms with Crippen molar-refractivity contribution in [2.75, 3.05) is 13.3 Å². The Bertz CT molecular complexity index is 871. The Morgan fingerprint density at radius 3 is 2.07 bits per heavy atom. The van der Waals surface area contributed by atoms with Gasteiger partial charge in [0.25, 0.3) is 0 Å². The fourth-order valence-corrected chi connectivity index (χ4v) is 3.07. The Morgan fingerprint density at radius 1 is 1.04 bits per heavy atom. The van der Waals surface area contributed by atoms with E-state index in [1.807, 2.05) is 19.1 Å². The van der Waals surface area contributed by atoms with E-state index >= 15 is 0 Å². The molecule has 6 nitrogen and oxygen atoms in total. The van der Waals surface area contributed by atoms with Crippen molar-refractivity contribution in [2.24, 2.45) is 0 Å². The zero-order chi connectivity index (χ0) is 20.8. The predicted octanol–water partition coefficient (Wildman–Crippen LogP) is 3.74. The highest BCUT2D eigenvalue weighted by Crippen LogP contribution is 2.33. The summed E-state index contributed by atoms with van der Waals surface area (Å²) in [5.74, 6) is -1.90. The van der Waals surface area contributed by atoms with Gasteiger partial charge >= 0.3 is 5.97 Å². The number of carboxylic acids is 1. The second-order valence-electron chi connectivity index (χ2n) is 6.43. The van der Waals surface area contributed by atoms with Crippen molar-refractivity contribution in [3.63, 3.8) is 0 Å². The summed E-state index contributed by atoms with van der Waals surface area (Å²) >= 11 is 5.88. The topological polar surface area (TPSA) is 98.1 Å². The van der Waals surface area contributed by atoms with E-state index in [2.05, 4.69) is 0 Å². The van der Waals surface area contributed by atoms with E-state index in [4.69, 9.17) is 11.6 Å². The van der Waals surface area contributed by atoms with Crippen LogP contribution < -0.4 is 0 Å². The van der Waals surface area contributed by atoms with E-state index in [0.717, 1.165) is 5.56 Å². The van der Waals surface area contributed by atoms with Gasteiger partial charge in [0.2, 0.25) is 0 Å². The number of rotatable bonds is 8. The van der Waals surface area contributed by atoms with Crippen molar-refractivity contribution >= 4 is 23.4 Å². The molecule has 0 amide bonds. The van der Waals surface area contributed by atoms with Crippen LogP contribution in [0.4, 0.5) is 0 Å². The molecule has 1 atom stereocenters. The summed E-state index contributed by atoms with van der Waals surface area (Å²) in [7, 11) is 0. The summed E-state index contributed by atoms with van der Waals surface area (Å²) in [5, 5.41) is 29.8. The van der Waals surface area contributed by atoms with Gasteiger partial charge in [0.1, 0.15) is 0 Å². The largest absolute Gasteiger partial charge is 0.512 e. The number of halogens is 1. The number of carbonyl (C=O) groups is 2. The molecule has 28 heavy (non-hydrogen) atoms. The van der Waals surface area contributed by atoms with Gasteiger partial charge in [-0.2, -0.15) is 0 Å². The van der Waals surface area contributed by atoms with Gasteiger partial charge in [-0.15, -0.1) is 0 Å². The summed E-state index contributed by atoms with van der Waals surface area (Å²) < 4.78 is 0. The molecule has 3 N–H and O–H groups in total. The molecule has 0 aliphatic heterocycles. The predicted molar refractivity (Wildman–Crippen MR) is 106 cm³/mol. The number of allylic oxidation sites excluding steroid dienone is 1. The molecule has 7 heteroatoms. The van der Waals surface area contributed by atoms with E-state index in [9.17, 15) is 24.9 Å². The average molecular weight is 404 g/mol. The maximum Gasteiger partial charge on any atom is 0.317 e. The van der Waals surface area contributed by atoms with Gasteiger partial charge in [-0.25, -0.2) is 0 Å². The number of nitrogens with zero attached hydrogens (tertiary/aromatic N) is 1. The third-order valence-electron chi connectivity index (χ3n) is 4.29. The molecule has 0 aromatic heterocycles. The van der Waals surface area contributed by atoms with E-state index in [1.165, 1.54) is 24.0 Å². The number of benzene rings is 2. The van der Waals surface area contributed by atoms with Crippen LogP contribution in [0, 0.1) is 6.92 Å². The molecule has 0 heterocycles. The number of carboxylic acid groups (broad SMARTS) is 1. The first kappa shape index (κ1) is 21.6. The fourth-order valence-electron chi connectivity index (χ4n) is 2.95. The highest BCUT2D eigenvalue weighted by atomic mass is 35.5. The van der Waals surface area contributed by atoms with Crippen molar-refractivity contribution in [1.29, 1.82) is 0 Å². The standard InChI is InChI=1S/C21H22ClNO5/c1-13-3-5-15(6-4-13)20(23(12-24)11-18(26)27)19(14(2)25)21(28)16-7-9-17(22)10-8-16/h3-10,20,24-25H,11-12H2,1-2H3,(H,26,27)/b19-14-. The van der Waals surface area contributed by atoms with Crippen molar-refractivity contribution in [3.8, 4) is 0 Å². The first-order chi connectivity index (χ1) is 13.2. The second kappa shape index (κ2) is 9.50. The molecule has 148 valence electrons. The van der Waals surface area contributed by atoms with Crippen molar-refractivity contribution in [3.05, 3.63) is 81.6 Å². The first-order valence-corrected chi connectivity index (χ1v) is 8.95. The Morgan fingerprint density at radius 2 is 1.61 bits per heavy atom. The van der Waals surface area contributed by atoms with Gasteiger partial charge in [0, 0.05) is 10.6 Å². The number of hydrogen-bond donors (Lipinski definition) is 3. The van der Waals surface area contributed by atoms with Crippen LogP contribution in [-0.4, -0.2) is 45.2 Å². The SMILES string of the molecule is C/C(O)=C(/C(=O)c1ccc(Cl)cc1)C(c1ccc(C)cc1)N(CO)CC(=O)O. The highest BCUT2D eigenvalue weighted by molar-refractivity contribution is 6.30. The van der Waals surface area contributed by atoms with Gasteiger partial charge in [-0.1, -0.05) is 41.4 Å². The van der Waals surface area contributed by atoms with Crippen LogP contribution in [0.1, 0.15) is 34.5 Å². The van der Waals surface area contributed by atoms with E-state index in [-0.39, 0.29) is 16.9 Å². The summed E-state index contributed by atoms with van der Waals surface area (Å²) in [6.07, 6.45) is 0. The Balaban J connectivity index is 2.61. The number of aryl methyl sites for hydroxylation is 1. The molecule has 0 bridgehead atoms. The van der Waals surface area contributed by atoms with Crippen LogP contribution in [0.5, 0.6) is 0 Å². The van der Waals surface area contributed by atoms with Crippen LogP contribution in [0.25, 0.3) is 0 Å². The smallest absolute Gasteiger partial charge is 0.317 e. The van der Waals surface area contributed by atoms with E-state index < -0.39 is 31.1 Å². The van der Waals surface area contributed by atoms with Gasteiger partial charge in [-0.05, 0) is 43.7 Å². The summed E-state index contributed by atoms with van der Waals surface area (Å²) in [6.45, 7) is 2.13. The number of carbonyl (C=O) groups excluding carboxylic acids is 1. The lowest BCUT2D eigenvalue weighted by molar-refractivity contribution is -0.140. The zero-order valence-corrected chi connectivity index (χ0v) is 16.3. The van der Waals surface area contributed by atoms with Crippen LogP contribution in [0.2, 0.25) is 5.02 Å². The number of hydrogen-bond acceptors (Lipinski definition) is 5. The molecule has 1 unspecified atom stereocenters. The lowest BCUT2D eigenvalue weighted by atomic mass is 9.90.